The average molecular weight is 450 g/mol. The highest BCUT2D eigenvalue weighted by Gasteiger charge is 2.37. The molecule has 0 aromatic carbocycles. The first-order valence-corrected chi connectivity index (χ1v) is 13.1. The van der Waals surface area contributed by atoms with Gasteiger partial charge in [-0.25, -0.2) is 9.69 Å². The Morgan fingerprint density at radius 3 is 1.88 bits per heavy atom. The predicted molar refractivity (Wildman–Crippen MR) is 130 cm³/mol. The minimum atomic E-state index is -0.601. The predicted octanol–water partition coefficient (Wildman–Crippen LogP) is 7.23. The number of hydrogen-bond donors (Lipinski definition) is 0. The lowest BCUT2D eigenvalue weighted by Gasteiger charge is -2.24. The minimum absolute atomic E-state index is 0.108. The standard InChI is InChI=1S/C27H47NO4/c1-4-6-7-8-9-10-11-12-13-14-15-16-17-18-20-25(29)23(3)24(19-5-2)26(30)28-21-22-32-27(28)31/h5,23-24H,2,4,6-22H2,1,3H3. The summed E-state index contributed by atoms with van der Waals surface area (Å²) < 4.78 is 4.87. The number of allylic oxidation sites excluding steroid dienone is 1. The number of ketones is 1. The average Bonchev–Trinajstić information content (AvgIpc) is 3.22. The molecule has 0 aromatic rings. The van der Waals surface area contributed by atoms with Crippen molar-refractivity contribution in [2.75, 3.05) is 13.2 Å². The Labute approximate surface area is 196 Å². The van der Waals surface area contributed by atoms with Crippen LogP contribution in [0.4, 0.5) is 4.79 Å². The van der Waals surface area contributed by atoms with E-state index >= 15 is 0 Å². The van der Waals surface area contributed by atoms with Gasteiger partial charge in [-0.2, -0.15) is 0 Å². The van der Waals surface area contributed by atoms with Crippen molar-refractivity contribution in [2.24, 2.45) is 11.8 Å². The number of Topliss-reactive ketones (excluding diaryl/α,β-unsaturated/α-hetero) is 1. The van der Waals surface area contributed by atoms with E-state index in [2.05, 4.69) is 13.5 Å². The van der Waals surface area contributed by atoms with E-state index in [1.54, 1.807) is 13.0 Å². The van der Waals surface area contributed by atoms with E-state index in [0.717, 1.165) is 17.7 Å². The molecule has 2 amide bonds. The third-order valence-corrected chi connectivity index (χ3v) is 6.65. The summed E-state index contributed by atoms with van der Waals surface area (Å²) in [6, 6.07) is 0. The topological polar surface area (TPSA) is 63.7 Å². The number of hydrogen-bond acceptors (Lipinski definition) is 4. The monoisotopic (exact) mass is 449 g/mol. The van der Waals surface area contributed by atoms with Gasteiger partial charge in [-0.05, 0) is 12.8 Å². The molecular weight excluding hydrogens is 402 g/mol. The maximum atomic E-state index is 12.7. The van der Waals surface area contributed by atoms with Crippen molar-refractivity contribution < 1.29 is 19.1 Å². The molecule has 1 saturated heterocycles. The second-order valence-corrected chi connectivity index (χ2v) is 9.34. The van der Waals surface area contributed by atoms with Gasteiger partial charge in [0.2, 0.25) is 5.91 Å². The highest BCUT2D eigenvalue weighted by molar-refractivity contribution is 5.97. The van der Waals surface area contributed by atoms with E-state index in [0.29, 0.717) is 12.8 Å². The van der Waals surface area contributed by atoms with E-state index in [1.165, 1.54) is 77.0 Å². The van der Waals surface area contributed by atoms with Gasteiger partial charge in [-0.3, -0.25) is 9.59 Å². The first-order chi connectivity index (χ1) is 15.5. The van der Waals surface area contributed by atoms with Crippen molar-refractivity contribution in [3.8, 4) is 0 Å². The van der Waals surface area contributed by atoms with Crippen LogP contribution in [0.1, 0.15) is 117 Å². The quantitative estimate of drug-likeness (QED) is 0.145. The molecule has 32 heavy (non-hydrogen) atoms. The Morgan fingerprint density at radius 1 is 0.938 bits per heavy atom. The van der Waals surface area contributed by atoms with Crippen molar-refractivity contribution in [1.29, 1.82) is 0 Å². The van der Waals surface area contributed by atoms with Crippen LogP contribution in [0.25, 0.3) is 0 Å². The van der Waals surface area contributed by atoms with Crippen molar-refractivity contribution >= 4 is 17.8 Å². The summed E-state index contributed by atoms with van der Waals surface area (Å²) in [6.07, 6.45) is 19.9. The second-order valence-electron chi connectivity index (χ2n) is 9.34. The van der Waals surface area contributed by atoms with Crippen LogP contribution in [0, 0.1) is 11.8 Å². The number of ether oxygens (including phenoxy) is 1. The molecule has 1 fully saturated rings. The zero-order chi connectivity index (χ0) is 23.6. The number of carbonyl (C=O) groups excluding carboxylic acids is 3. The summed E-state index contributed by atoms with van der Waals surface area (Å²) in [5.74, 6) is -1.14. The second kappa shape index (κ2) is 17.9. The van der Waals surface area contributed by atoms with Crippen LogP contribution in [0.2, 0.25) is 0 Å². The lowest BCUT2D eigenvalue weighted by molar-refractivity contribution is -0.138. The molecule has 0 saturated carbocycles. The number of amides is 2. The molecule has 2 atom stereocenters. The van der Waals surface area contributed by atoms with Gasteiger partial charge in [-0.15, -0.1) is 6.58 Å². The fraction of sp³-hybridized carbons (Fsp3) is 0.815. The van der Waals surface area contributed by atoms with Crippen LogP contribution < -0.4 is 0 Å². The lowest BCUT2D eigenvalue weighted by atomic mass is 9.84. The summed E-state index contributed by atoms with van der Waals surface area (Å²) in [4.78, 5) is 38.2. The smallest absolute Gasteiger partial charge is 0.416 e. The maximum Gasteiger partial charge on any atom is 0.416 e. The van der Waals surface area contributed by atoms with Gasteiger partial charge in [0.05, 0.1) is 12.5 Å². The Bertz CT molecular complexity index is 560. The third-order valence-electron chi connectivity index (χ3n) is 6.65. The molecule has 0 N–H and O–H groups in total. The van der Waals surface area contributed by atoms with Gasteiger partial charge >= 0.3 is 6.09 Å². The van der Waals surface area contributed by atoms with Gasteiger partial charge in [0.25, 0.3) is 0 Å². The molecule has 0 spiro atoms. The Hall–Kier alpha value is -1.65. The zero-order valence-corrected chi connectivity index (χ0v) is 20.7. The van der Waals surface area contributed by atoms with Crippen LogP contribution in [0.5, 0.6) is 0 Å². The van der Waals surface area contributed by atoms with Crippen LogP contribution in [0.3, 0.4) is 0 Å². The molecule has 0 radical (unpaired) electrons. The molecule has 2 unspecified atom stereocenters. The number of carbonyl (C=O) groups is 3. The van der Waals surface area contributed by atoms with E-state index in [-0.39, 0.29) is 24.8 Å². The van der Waals surface area contributed by atoms with Crippen LogP contribution in [-0.4, -0.2) is 35.8 Å². The molecule has 0 aromatic heterocycles. The maximum absolute atomic E-state index is 12.7. The Kier molecular flexibility index (Phi) is 15.8. The Balaban J connectivity index is 2.11. The number of rotatable bonds is 20. The molecular formula is C27H47NO4. The summed E-state index contributed by atoms with van der Waals surface area (Å²) >= 11 is 0. The molecule has 1 heterocycles. The molecule has 1 rings (SSSR count). The number of nitrogens with zero attached hydrogens (tertiary/aromatic N) is 1. The lowest BCUT2D eigenvalue weighted by Crippen LogP contribution is -2.40. The van der Waals surface area contributed by atoms with E-state index < -0.39 is 17.9 Å². The van der Waals surface area contributed by atoms with Crippen LogP contribution in [0.15, 0.2) is 12.7 Å². The fourth-order valence-electron chi connectivity index (χ4n) is 4.44. The van der Waals surface area contributed by atoms with Crippen LogP contribution >= 0.6 is 0 Å². The molecule has 184 valence electrons. The van der Waals surface area contributed by atoms with Gasteiger partial charge in [0, 0.05) is 12.3 Å². The minimum Gasteiger partial charge on any atom is -0.447 e. The molecule has 5 nitrogen and oxygen atoms in total. The summed E-state index contributed by atoms with van der Waals surface area (Å²) in [6.45, 7) is 8.28. The third kappa shape index (κ3) is 11.3. The van der Waals surface area contributed by atoms with Crippen molar-refractivity contribution in [2.45, 2.75) is 117 Å². The van der Waals surface area contributed by atoms with Crippen molar-refractivity contribution in [3.63, 3.8) is 0 Å². The van der Waals surface area contributed by atoms with Gasteiger partial charge in [0.15, 0.2) is 0 Å². The van der Waals surface area contributed by atoms with Crippen LogP contribution in [-0.2, 0) is 14.3 Å². The fourth-order valence-corrected chi connectivity index (χ4v) is 4.44. The largest absolute Gasteiger partial charge is 0.447 e. The number of cyclic esters (lactones) is 1. The SMILES string of the molecule is C=CCC(C(=O)N1CCOC1=O)C(C)C(=O)CCCCCCCCCCCCCCCC. The first-order valence-electron chi connectivity index (χ1n) is 13.1. The van der Waals surface area contributed by atoms with E-state index in [1.807, 2.05) is 0 Å². The molecule has 0 bridgehead atoms. The van der Waals surface area contributed by atoms with Crippen molar-refractivity contribution in [3.05, 3.63) is 12.7 Å². The van der Waals surface area contributed by atoms with E-state index in [4.69, 9.17) is 4.74 Å². The summed E-state index contributed by atoms with van der Waals surface area (Å²) in [7, 11) is 0. The highest BCUT2D eigenvalue weighted by Crippen LogP contribution is 2.24. The summed E-state index contributed by atoms with van der Waals surface area (Å²) in [5, 5.41) is 0. The van der Waals surface area contributed by atoms with E-state index in [9.17, 15) is 14.4 Å². The van der Waals surface area contributed by atoms with Crippen molar-refractivity contribution in [1.82, 2.24) is 4.90 Å². The highest BCUT2D eigenvalue weighted by atomic mass is 16.6. The number of unbranched alkanes of at least 4 members (excludes halogenated alkanes) is 13. The Morgan fingerprint density at radius 2 is 1.44 bits per heavy atom. The van der Waals surface area contributed by atoms with Gasteiger partial charge < -0.3 is 4.74 Å². The molecule has 5 heteroatoms. The van der Waals surface area contributed by atoms with Gasteiger partial charge in [0.1, 0.15) is 12.4 Å². The zero-order valence-electron chi connectivity index (χ0n) is 20.7. The number of imide groups is 1. The summed E-state index contributed by atoms with van der Waals surface area (Å²) in [5.41, 5.74) is 0. The molecule has 1 aliphatic rings. The first kappa shape index (κ1) is 28.4. The van der Waals surface area contributed by atoms with Gasteiger partial charge in [-0.1, -0.05) is 103 Å². The molecule has 1 aliphatic heterocycles. The molecule has 0 aliphatic carbocycles. The normalized spacial score (nSPS) is 15.4.